The number of nitrogens with one attached hydrogen (secondary N) is 1. The Hall–Kier alpha value is -2.28. The minimum Gasteiger partial charge on any atom is -0.343 e. The maximum atomic E-state index is 12.1. The van der Waals surface area contributed by atoms with Gasteiger partial charge < -0.3 is 10.2 Å². The zero-order valence-corrected chi connectivity index (χ0v) is 14.2. The molecule has 1 saturated heterocycles. The quantitative estimate of drug-likeness (QED) is 0.874. The van der Waals surface area contributed by atoms with Crippen molar-refractivity contribution in [1.82, 2.24) is 15.1 Å². The number of amides is 2. The van der Waals surface area contributed by atoms with Crippen molar-refractivity contribution in [2.45, 2.75) is 32.1 Å². The number of carbonyl (C=O) groups excluding carboxylic acids is 2. The van der Waals surface area contributed by atoms with Crippen LogP contribution in [0.15, 0.2) is 30.3 Å². The summed E-state index contributed by atoms with van der Waals surface area (Å²) in [5.74, 6) is -0.0304. The van der Waals surface area contributed by atoms with Crippen LogP contribution < -0.4 is 5.32 Å². The number of hydrogen-bond donors (Lipinski definition) is 1. The normalized spacial score (nSPS) is 13.9. The largest absolute Gasteiger partial charge is 0.343 e. The Morgan fingerprint density at radius 1 is 1.12 bits per heavy atom. The maximum absolute atomic E-state index is 12.1. The zero-order chi connectivity index (χ0) is 16.8. The van der Waals surface area contributed by atoms with Crippen molar-refractivity contribution in [3.63, 3.8) is 0 Å². The molecule has 0 saturated carbocycles. The fraction of sp³-hybridized carbons (Fsp3) is 0.412. The second-order valence-corrected chi connectivity index (χ2v) is 6.82. The number of aromatic nitrogens is 2. The first-order valence-electron chi connectivity index (χ1n) is 8.19. The van der Waals surface area contributed by atoms with E-state index in [0.29, 0.717) is 17.8 Å². The Bertz CT molecular complexity index is 696. The Morgan fingerprint density at radius 2 is 1.88 bits per heavy atom. The highest BCUT2D eigenvalue weighted by Crippen LogP contribution is 2.16. The van der Waals surface area contributed by atoms with Crippen LogP contribution in [0.5, 0.6) is 0 Å². The number of likely N-dealkylation sites (tertiary alicyclic amines) is 1. The summed E-state index contributed by atoms with van der Waals surface area (Å²) in [4.78, 5) is 26.0. The van der Waals surface area contributed by atoms with E-state index < -0.39 is 0 Å². The van der Waals surface area contributed by atoms with Crippen LogP contribution in [-0.4, -0.2) is 40.0 Å². The summed E-state index contributed by atoms with van der Waals surface area (Å²) >= 11 is 1.28. The summed E-state index contributed by atoms with van der Waals surface area (Å²) in [5.41, 5.74) is 0.732. The average molecular weight is 344 g/mol. The summed E-state index contributed by atoms with van der Waals surface area (Å²) in [6, 6.07) is 9.26. The SMILES string of the molecule is O=C(Nc1ccccc1)c1nnc(CCCC(=O)N2CCCC2)s1. The Kier molecular flexibility index (Phi) is 5.53. The molecule has 7 heteroatoms. The molecule has 1 aliphatic rings. The molecule has 2 amide bonds. The van der Waals surface area contributed by atoms with E-state index in [9.17, 15) is 9.59 Å². The molecule has 0 unspecified atom stereocenters. The Labute approximate surface area is 144 Å². The van der Waals surface area contributed by atoms with E-state index in [-0.39, 0.29) is 11.8 Å². The molecule has 1 aromatic carbocycles. The molecule has 1 aliphatic heterocycles. The monoisotopic (exact) mass is 344 g/mol. The second-order valence-electron chi connectivity index (χ2n) is 5.76. The third-order valence-corrected chi connectivity index (χ3v) is 4.91. The van der Waals surface area contributed by atoms with Crippen molar-refractivity contribution in [3.8, 4) is 0 Å². The molecule has 1 fully saturated rings. The van der Waals surface area contributed by atoms with Gasteiger partial charge in [0.05, 0.1) is 0 Å². The maximum Gasteiger partial charge on any atom is 0.286 e. The highest BCUT2D eigenvalue weighted by molar-refractivity contribution is 7.13. The average Bonchev–Trinajstić information content (AvgIpc) is 3.28. The van der Waals surface area contributed by atoms with Gasteiger partial charge in [0.1, 0.15) is 5.01 Å². The van der Waals surface area contributed by atoms with Gasteiger partial charge in [0, 0.05) is 31.6 Å². The lowest BCUT2D eigenvalue weighted by Gasteiger charge is -2.14. The lowest BCUT2D eigenvalue weighted by Crippen LogP contribution is -2.27. The van der Waals surface area contributed by atoms with Crippen LogP contribution in [0.4, 0.5) is 5.69 Å². The van der Waals surface area contributed by atoms with Crippen LogP contribution in [0.1, 0.15) is 40.5 Å². The standard InChI is InChI=1S/C17H20N4O2S/c22-15(21-11-4-5-12-21)10-6-9-14-19-20-17(24-14)16(23)18-13-7-2-1-3-8-13/h1-3,7-8H,4-6,9-12H2,(H,18,23). The molecule has 1 aromatic heterocycles. The molecule has 2 aromatic rings. The van der Waals surface area contributed by atoms with Crippen LogP contribution >= 0.6 is 11.3 Å². The number of hydrogen-bond acceptors (Lipinski definition) is 5. The smallest absolute Gasteiger partial charge is 0.286 e. The fourth-order valence-corrected chi connectivity index (χ4v) is 3.44. The molecule has 3 rings (SSSR count). The van der Waals surface area contributed by atoms with E-state index in [0.717, 1.165) is 43.0 Å². The predicted molar refractivity (Wildman–Crippen MR) is 93.1 cm³/mol. The van der Waals surface area contributed by atoms with Gasteiger partial charge in [-0.1, -0.05) is 29.5 Å². The van der Waals surface area contributed by atoms with Gasteiger partial charge in [-0.15, -0.1) is 10.2 Å². The van der Waals surface area contributed by atoms with Gasteiger partial charge in [0.25, 0.3) is 5.91 Å². The van der Waals surface area contributed by atoms with E-state index >= 15 is 0 Å². The van der Waals surface area contributed by atoms with Crippen molar-refractivity contribution in [3.05, 3.63) is 40.3 Å². The van der Waals surface area contributed by atoms with E-state index in [1.165, 1.54) is 11.3 Å². The molecular weight excluding hydrogens is 324 g/mol. The zero-order valence-electron chi connectivity index (χ0n) is 13.4. The first kappa shape index (κ1) is 16.6. The van der Waals surface area contributed by atoms with Crippen molar-refractivity contribution in [1.29, 1.82) is 0 Å². The lowest BCUT2D eigenvalue weighted by molar-refractivity contribution is -0.130. The van der Waals surface area contributed by atoms with Crippen molar-refractivity contribution < 1.29 is 9.59 Å². The van der Waals surface area contributed by atoms with Crippen LogP contribution in [0.3, 0.4) is 0 Å². The fourth-order valence-electron chi connectivity index (χ4n) is 2.67. The molecule has 6 nitrogen and oxygen atoms in total. The molecule has 1 N–H and O–H groups in total. The van der Waals surface area contributed by atoms with Crippen molar-refractivity contribution in [2.75, 3.05) is 18.4 Å². The summed E-state index contributed by atoms with van der Waals surface area (Å²) in [7, 11) is 0. The molecule has 0 aliphatic carbocycles. The van der Waals surface area contributed by atoms with Crippen molar-refractivity contribution >= 4 is 28.8 Å². The first-order valence-corrected chi connectivity index (χ1v) is 9.00. The summed E-state index contributed by atoms with van der Waals surface area (Å²) in [6.45, 7) is 1.78. The topological polar surface area (TPSA) is 75.2 Å². The summed E-state index contributed by atoms with van der Waals surface area (Å²) in [6.07, 6.45) is 4.18. The highest BCUT2D eigenvalue weighted by Gasteiger charge is 2.18. The van der Waals surface area contributed by atoms with E-state index in [1.807, 2.05) is 35.2 Å². The first-order chi connectivity index (χ1) is 11.7. The third-order valence-electron chi connectivity index (χ3n) is 3.93. The number of anilines is 1. The minimum absolute atomic E-state index is 0.221. The van der Waals surface area contributed by atoms with Gasteiger partial charge in [-0.25, -0.2) is 0 Å². The number of aryl methyl sites for hydroxylation is 1. The molecule has 0 atom stereocenters. The van der Waals surface area contributed by atoms with Gasteiger partial charge >= 0.3 is 0 Å². The van der Waals surface area contributed by atoms with Gasteiger partial charge in [-0.3, -0.25) is 9.59 Å². The highest BCUT2D eigenvalue weighted by atomic mass is 32.1. The van der Waals surface area contributed by atoms with E-state index in [2.05, 4.69) is 15.5 Å². The van der Waals surface area contributed by atoms with Gasteiger partial charge in [-0.05, 0) is 31.4 Å². The van der Waals surface area contributed by atoms with Crippen LogP contribution in [0, 0.1) is 0 Å². The Balaban J connectivity index is 1.46. The number of carbonyl (C=O) groups is 2. The number of nitrogens with zero attached hydrogens (tertiary/aromatic N) is 3. The summed E-state index contributed by atoms with van der Waals surface area (Å²) in [5, 5.41) is 11.9. The van der Waals surface area contributed by atoms with Gasteiger partial charge in [0.15, 0.2) is 0 Å². The molecule has 0 spiro atoms. The predicted octanol–water partition coefficient (Wildman–Crippen LogP) is 2.74. The van der Waals surface area contributed by atoms with Gasteiger partial charge in [0.2, 0.25) is 10.9 Å². The molecule has 2 heterocycles. The molecule has 126 valence electrons. The van der Waals surface area contributed by atoms with Crippen LogP contribution in [0.25, 0.3) is 0 Å². The molecule has 0 radical (unpaired) electrons. The van der Waals surface area contributed by atoms with E-state index in [4.69, 9.17) is 0 Å². The number of para-hydroxylation sites is 1. The number of rotatable bonds is 6. The van der Waals surface area contributed by atoms with Crippen LogP contribution in [-0.2, 0) is 11.2 Å². The molecule has 24 heavy (non-hydrogen) atoms. The summed E-state index contributed by atoms with van der Waals surface area (Å²) < 4.78 is 0. The van der Waals surface area contributed by atoms with Crippen LogP contribution in [0.2, 0.25) is 0 Å². The Morgan fingerprint density at radius 3 is 2.62 bits per heavy atom. The lowest BCUT2D eigenvalue weighted by atomic mass is 10.2. The van der Waals surface area contributed by atoms with Crippen molar-refractivity contribution in [2.24, 2.45) is 0 Å². The second kappa shape index (κ2) is 8.01. The number of benzene rings is 1. The van der Waals surface area contributed by atoms with Gasteiger partial charge in [-0.2, -0.15) is 0 Å². The minimum atomic E-state index is -0.252. The van der Waals surface area contributed by atoms with E-state index in [1.54, 1.807) is 0 Å². The molecule has 0 bridgehead atoms. The molecular formula is C17H20N4O2S. The third kappa shape index (κ3) is 4.38.